The number of amides is 4. The van der Waals surface area contributed by atoms with Gasteiger partial charge in [0.2, 0.25) is 0 Å². The highest BCUT2D eigenvalue weighted by atomic mass is 16.2. The molecule has 0 radical (unpaired) electrons. The van der Waals surface area contributed by atoms with Gasteiger partial charge in [0.05, 0.1) is 22.2 Å². The number of benzene rings is 5. The summed E-state index contributed by atoms with van der Waals surface area (Å²) in [6.07, 6.45) is 4.19. The number of hydrogen-bond donors (Lipinski definition) is 0. The first-order valence-electron chi connectivity index (χ1n) is 15.2. The smallest absolute Gasteiger partial charge is 0.262 e. The molecule has 0 saturated carbocycles. The summed E-state index contributed by atoms with van der Waals surface area (Å²) < 4.78 is 0. The molecule has 0 atom stereocenters. The molecular formula is C38H24N4O4. The van der Waals surface area contributed by atoms with Gasteiger partial charge in [-0.05, 0) is 36.1 Å². The maximum absolute atomic E-state index is 13.8. The predicted octanol–water partition coefficient (Wildman–Crippen LogP) is 6.20. The minimum Gasteiger partial charge on any atom is -0.274 e. The van der Waals surface area contributed by atoms with Gasteiger partial charge >= 0.3 is 0 Å². The van der Waals surface area contributed by atoms with E-state index in [1.54, 1.807) is 24.5 Å². The SMILES string of the molecule is O=C1c2ccc3c4ncc5c6c(ccc(c7ncc(c2c37)C(=O)N1CCc1ccccc1)c64)C(=O)N(CCc1ccccc1)C5=O. The number of rotatable bonds is 6. The van der Waals surface area contributed by atoms with Crippen molar-refractivity contribution in [3.63, 3.8) is 0 Å². The molecule has 0 fully saturated rings. The number of carbonyl (C=O) groups is 4. The summed E-state index contributed by atoms with van der Waals surface area (Å²) in [6, 6.07) is 26.7. The molecule has 2 aliphatic rings. The molecule has 9 rings (SSSR count). The molecule has 0 saturated heterocycles. The third-order valence-corrected chi connectivity index (χ3v) is 9.41. The highest BCUT2D eigenvalue weighted by Gasteiger charge is 2.37. The fraction of sp³-hybridized carbons (Fsp3) is 0.105. The van der Waals surface area contributed by atoms with Gasteiger partial charge in [0.15, 0.2) is 0 Å². The lowest BCUT2D eigenvalue weighted by Crippen LogP contribution is -2.41. The van der Waals surface area contributed by atoms with Crippen LogP contribution in [-0.4, -0.2) is 56.5 Å². The summed E-state index contributed by atoms with van der Waals surface area (Å²) >= 11 is 0. The maximum Gasteiger partial charge on any atom is 0.262 e. The molecule has 2 aliphatic heterocycles. The Labute approximate surface area is 262 Å². The van der Waals surface area contributed by atoms with Crippen LogP contribution in [0, 0.1) is 0 Å². The van der Waals surface area contributed by atoms with Crippen LogP contribution in [-0.2, 0) is 12.8 Å². The first-order valence-corrected chi connectivity index (χ1v) is 15.2. The molecule has 0 spiro atoms. The lowest BCUT2D eigenvalue weighted by molar-refractivity contribution is 0.0596. The molecule has 7 aromatic rings. The molecule has 0 N–H and O–H groups in total. The molecule has 0 unspecified atom stereocenters. The van der Waals surface area contributed by atoms with E-state index in [0.29, 0.717) is 78.4 Å². The molecule has 2 aromatic heterocycles. The number of nitrogens with zero attached hydrogens (tertiary/aromatic N) is 4. The fourth-order valence-electron chi connectivity index (χ4n) is 7.20. The van der Waals surface area contributed by atoms with Crippen LogP contribution in [0.2, 0.25) is 0 Å². The standard InChI is InChI=1S/C38H24N4O4/c43-35-25-13-11-23-31-29(25)27(37(45)41(35)17-15-21-7-3-1-4-8-21)19-39-33(31)24-12-14-26-30-28(20-40-34(23)32(24)30)38(46)42(36(26)44)18-16-22-9-5-2-6-10-22/h1-14,19-20H,15-18H2. The van der Waals surface area contributed by atoms with Gasteiger partial charge in [-0.1, -0.05) is 72.8 Å². The third-order valence-electron chi connectivity index (χ3n) is 9.41. The van der Waals surface area contributed by atoms with Gasteiger partial charge in [0.25, 0.3) is 23.6 Å². The second kappa shape index (κ2) is 9.74. The van der Waals surface area contributed by atoms with Crippen LogP contribution in [0.3, 0.4) is 0 Å². The molecule has 220 valence electrons. The topological polar surface area (TPSA) is 101 Å². The van der Waals surface area contributed by atoms with Gasteiger partial charge in [-0.15, -0.1) is 0 Å². The minimum absolute atomic E-state index is 0.256. The van der Waals surface area contributed by atoms with Crippen LogP contribution in [0.25, 0.3) is 43.4 Å². The summed E-state index contributed by atoms with van der Waals surface area (Å²) in [6.45, 7) is 0.511. The van der Waals surface area contributed by atoms with Crippen molar-refractivity contribution < 1.29 is 19.2 Å². The Kier molecular flexibility index (Phi) is 5.59. The molecule has 4 heterocycles. The van der Waals surface area contributed by atoms with Crippen LogP contribution < -0.4 is 0 Å². The van der Waals surface area contributed by atoms with Crippen LogP contribution in [0.5, 0.6) is 0 Å². The molecule has 0 bridgehead atoms. The number of hydrogen-bond acceptors (Lipinski definition) is 6. The summed E-state index contributed by atoms with van der Waals surface area (Å²) in [7, 11) is 0. The van der Waals surface area contributed by atoms with E-state index in [9.17, 15) is 19.2 Å². The van der Waals surface area contributed by atoms with E-state index < -0.39 is 0 Å². The van der Waals surface area contributed by atoms with Crippen molar-refractivity contribution in [2.24, 2.45) is 0 Å². The number of pyridine rings is 2. The van der Waals surface area contributed by atoms with E-state index in [4.69, 9.17) is 9.97 Å². The zero-order chi connectivity index (χ0) is 31.1. The zero-order valence-electron chi connectivity index (χ0n) is 24.5. The minimum atomic E-state index is -0.375. The number of aromatic nitrogens is 2. The lowest BCUT2D eigenvalue weighted by atomic mass is 9.86. The Morgan fingerprint density at radius 2 is 0.826 bits per heavy atom. The molecule has 5 aromatic carbocycles. The summed E-state index contributed by atoms with van der Waals surface area (Å²) in [5, 5.41) is 3.91. The fourth-order valence-corrected chi connectivity index (χ4v) is 7.20. The average Bonchev–Trinajstić information content (AvgIpc) is 3.09. The van der Waals surface area contributed by atoms with Crippen molar-refractivity contribution in [2.75, 3.05) is 13.1 Å². The van der Waals surface area contributed by atoms with E-state index in [0.717, 1.165) is 11.1 Å². The summed E-state index contributed by atoms with van der Waals surface area (Å²) in [4.78, 5) is 67.2. The number of imide groups is 2. The van der Waals surface area contributed by atoms with E-state index in [-0.39, 0.29) is 36.7 Å². The van der Waals surface area contributed by atoms with Crippen molar-refractivity contribution in [2.45, 2.75) is 12.8 Å². The third kappa shape index (κ3) is 3.61. The van der Waals surface area contributed by atoms with E-state index in [1.807, 2.05) is 72.8 Å². The molecule has 8 nitrogen and oxygen atoms in total. The van der Waals surface area contributed by atoms with E-state index >= 15 is 0 Å². The highest BCUT2D eigenvalue weighted by Crippen LogP contribution is 2.44. The van der Waals surface area contributed by atoms with E-state index in [1.165, 1.54) is 9.80 Å². The van der Waals surface area contributed by atoms with Crippen LogP contribution in [0.1, 0.15) is 52.6 Å². The monoisotopic (exact) mass is 600 g/mol. The largest absolute Gasteiger partial charge is 0.274 e. The quantitative estimate of drug-likeness (QED) is 0.128. The second-order valence-electron chi connectivity index (χ2n) is 11.9. The lowest BCUT2D eigenvalue weighted by Gasteiger charge is -2.29. The van der Waals surface area contributed by atoms with Crippen molar-refractivity contribution in [3.05, 3.63) is 131 Å². The van der Waals surface area contributed by atoms with Crippen molar-refractivity contribution in [1.82, 2.24) is 19.8 Å². The highest BCUT2D eigenvalue weighted by molar-refractivity contribution is 6.39. The Balaban J connectivity index is 1.18. The van der Waals surface area contributed by atoms with Crippen LogP contribution in [0.15, 0.2) is 97.3 Å². The Hall–Kier alpha value is -6.02. The van der Waals surface area contributed by atoms with Gasteiger partial charge in [0.1, 0.15) is 0 Å². The van der Waals surface area contributed by atoms with Crippen LogP contribution >= 0.6 is 0 Å². The Morgan fingerprint density at radius 3 is 1.24 bits per heavy atom. The molecule has 0 aliphatic carbocycles. The van der Waals surface area contributed by atoms with Gasteiger partial charge in [0, 0.05) is 68.9 Å². The molecule has 46 heavy (non-hydrogen) atoms. The van der Waals surface area contributed by atoms with E-state index in [2.05, 4.69) is 0 Å². The van der Waals surface area contributed by atoms with Gasteiger partial charge in [-0.3, -0.25) is 38.9 Å². The van der Waals surface area contributed by atoms with Gasteiger partial charge < -0.3 is 0 Å². The molecule has 4 amide bonds. The van der Waals surface area contributed by atoms with Gasteiger partial charge in [-0.2, -0.15) is 0 Å². The number of fused-ring (bicyclic) bond motifs is 2. The van der Waals surface area contributed by atoms with Crippen molar-refractivity contribution >= 4 is 67.0 Å². The van der Waals surface area contributed by atoms with Gasteiger partial charge in [-0.25, -0.2) is 0 Å². The predicted molar refractivity (Wildman–Crippen MR) is 174 cm³/mol. The normalized spacial score (nSPS) is 14.5. The number of carbonyl (C=O) groups excluding carboxylic acids is 4. The zero-order valence-corrected chi connectivity index (χ0v) is 24.5. The molecular weight excluding hydrogens is 576 g/mol. The second-order valence-corrected chi connectivity index (χ2v) is 11.9. The Morgan fingerprint density at radius 1 is 0.435 bits per heavy atom. The first kappa shape index (κ1) is 26.4. The average molecular weight is 601 g/mol. The van der Waals surface area contributed by atoms with Crippen molar-refractivity contribution in [3.8, 4) is 0 Å². The Bertz CT molecular complexity index is 2160. The summed E-state index contributed by atoms with van der Waals surface area (Å²) in [5.41, 5.74) is 4.90. The molecule has 8 heteroatoms. The maximum atomic E-state index is 13.8. The van der Waals surface area contributed by atoms with Crippen molar-refractivity contribution in [1.29, 1.82) is 0 Å². The first-order chi connectivity index (χ1) is 22.5. The summed E-state index contributed by atoms with van der Waals surface area (Å²) in [5.74, 6) is -1.43. The van der Waals surface area contributed by atoms with Crippen LogP contribution in [0.4, 0.5) is 0 Å².